The number of allylic oxidation sites excluding steroid dienone is 1. The average Bonchev–Trinajstić information content (AvgIpc) is 3.35. The van der Waals surface area contributed by atoms with Crippen LogP contribution in [-0.4, -0.2) is 18.5 Å². The van der Waals surface area contributed by atoms with Crippen molar-refractivity contribution in [2.45, 2.75) is 33.3 Å². The topological polar surface area (TPSA) is 85.6 Å². The number of rotatable bonds is 9. The largest absolute Gasteiger partial charge is 0.463 e. The molecule has 2 aromatic rings. The number of nitriles is 1. The first kappa shape index (κ1) is 23.1. The normalized spacial score (nSPS) is 19.6. The number of carbonyl (C=O) groups excluding carboxylic acids is 2. The second-order valence-electron chi connectivity index (χ2n) is 8.29. The van der Waals surface area contributed by atoms with E-state index in [0.717, 1.165) is 6.42 Å². The highest BCUT2D eigenvalue weighted by atomic mass is 16.5. The lowest BCUT2D eigenvalue weighted by Crippen LogP contribution is -2.14. The molecular formula is C26H27NO5. The molecule has 0 saturated heterocycles. The molecule has 3 rings (SSSR count). The number of benzene rings is 2. The highest BCUT2D eigenvalue weighted by Gasteiger charge is 2.61. The molecule has 6 heteroatoms. The molecule has 2 aromatic carbocycles. The van der Waals surface area contributed by atoms with Crippen molar-refractivity contribution < 1.29 is 23.8 Å². The van der Waals surface area contributed by atoms with E-state index < -0.39 is 24.0 Å². The van der Waals surface area contributed by atoms with Gasteiger partial charge in [-0.3, -0.25) is 4.79 Å². The highest BCUT2D eigenvalue weighted by molar-refractivity contribution is 5.83. The fraction of sp³-hybridized carbons (Fsp3) is 0.346. The van der Waals surface area contributed by atoms with Crippen molar-refractivity contribution in [2.75, 3.05) is 6.61 Å². The van der Waals surface area contributed by atoms with Gasteiger partial charge in [0.15, 0.2) is 0 Å². The standard InChI is InChI=1S/C26H27NO5/c1-4-15-30-23(28)14-13-21-24(26(21,2)3)25(29)32-22(17-27)18-9-8-12-20(16-18)31-19-10-6-5-7-11-19/h5-14,16,21-22,24H,4,15H2,1-3H3/b14-13+/t21-,22+,24-/m0/s1. The Morgan fingerprint density at radius 1 is 1.12 bits per heavy atom. The summed E-state index contributed by atoms with van der Waals surface area (Å²) in [5, 5.41) is 9.62. The molecular weight excluding hydrogens is 406 g/mol. The molecule has 0 unspecified atom stereocenters. The second kappa shape index (κ2) is 10.1. The number of hydrogen-bond donors (Lipinski definition) is 0. The van der Waals surface area contributed by atoms with Crippen molar-refractivity contribution in [1.29, 1.82) is 5.26 Å². The van der Waals surface area contributed by atoms with Gasteiger partial charge in [-0.15, -0.1) is 0 Å². The van der Waals surface area contributed by atoms with Gasteiger partial charge >= 0.3 is 11.9 Å². The number of carbonyl (C=O) groups is 2. The molecule has 1 saturated carbocycles. The molecule has 0 spiro atoms. The van der Waals surface area contributed by atoms with Gasteiger partial charge in [0.1, 0.15) is 17.6 Å². The van der Waals surface area contributed by atoms with Crippen molar-refractivity contribution in [1.82, 2.24) is 0 Å². The highest BCUT2D eigenvalue weighted by Crippen LogP contribution is 2.59. The zero-order chi connectivity index (χ0) is 23.1. The number of esters is 2. The Morgan fingerprint density at radius 2 is 1.84 bits per heavy atom. The van der Waals surface area contributed by atoms with E-state index in [1.54, 1.807) is 30.3 Å². The third-order valence-electron chi connectivity index (χ3n) is 5.54. The van der Waals surface area contributed by atoms with E-state index in [9.17, 15) is 14.9 Å². The van der Waals surface area contributed by atoms with Crippen LogP contribution in [0.3, 0.4) is 0 Å². The fourth-order valence-corrected chi connectivity index (χ4v) is 3.64. The van der Waals surface area contributed by atoms with Gasteiger partial charge in [-0.1, -0.05) is 57.2 Å². The first-order valence-electron chi connectivity index (χ1n) is 10.6. The van der Waals surface area contributed by atoms with Crippen LogP contribution in [0.2, 0.25) is 0 Å². The molecule has 0 heterocycles. The summed E-state index contributed by atoms with van der Waals surface area (Å²) in [6.07, 6.45) is 2.75. The van der Waals surface area contributed by atoms with Crippen molar-refractivity contribution in [3.8, 4) is 17.6 Å². The Kier molecular flexibility index (Phi) is 7.32. The summed E-state index contributed by atoms with van der Waals surface area (Å²) in [6.45, 7) is 6.14. The summed E-state index contributed by atoms with van der Waals surface area (Å²) in [4.78, 5) is 24.5. The van der Waals surface area contributed by atoms with Crippen LogP contribution in [0.25, 0.3) is 0 Å². The molecule has 32 heavy (non-hydrogen) atoms. The molecule has 0 bridgehead atoms. The Labute approximate surface area is 188 Å². The van der Waals surface area contributed by atoms with Crippen LogP contribution in [0.15, 0.2) is 66.7 Å². The molecule has 3 atom stereocenters. The Morgan fingerprint density at radius 3 is 2.53 bits per heavy atom. The smallest absolute Gasteiger partial charge is 0.330 e. The van der Waals surface area contributed by atoms with Gasteiger partial charge < -0.3 is 14.2 Å². The molecule has 1 aliphatic carbocycles. The maximum Gasteiger partial charge on any atom is 0.330 e. The Hall–Kier alpha value is -3.59. The van der Waals surface area contributed by atoms with Crippen molar-refractivity contribution >= 4 is 11.9 Å². The SMILES string of the molecule is CCCOC(=O)/C=C/[C@H]1[C@@H](C(=O)O[C@H](C#N)c2cccc(Oc3ccccc3)c2)C1(C)C. The summed E-state index contributed by atoms with van der Waals surface area (Å²) in [5.41, 5.74) is 0.166. The van der Waals surface area contributed by atoms with Crippen LogP contribution < -0.4 is 4.74 Å². The van der Waals surface area contributed by atoms with E-state index in [-0.39, 0.29) is 11.3 Å². The van der Waals surface area contributed by atoms with Crippen molar-refractivity contribution in [3.63, 3.8) is 0 Å². The van der Waals surface area contributed by atoms with E-state index in [4.69, 9.17) is 14.2 Å². The number of ether oxygens (including phenoxy) is 3. The van der Waals surface area contributed by atoms with Crippen molar-refractivity contribution in [3.05, 3.63) is 72.3 Å². The molecule has 6 nitrogen and oxygen atoms in total. The number of para-hydroxylation sites is 1. The van der Waals surface area contributed by atoms with Crippen LogP contribution in [0.1, 0.15) is 38.9 Å². The Bertz CT molecular complexity index is 1020. The van der Waals surface area contributed by atoms with Gasteiger partial charge in [0.2, 0.25) is 6.10 Å². The Balaban J connectivity index is 1.65. The van der Waals surface area contributed by atoms with Gasteiger partial charge in [0, 0.05) is 11.6 Å². The molecule has 0 aliphatic heterocycles. The van der Waals surface area contributed by atoms with E-state index >= 15 is 0 Å². The monoisotopic (exact) mass is 433 g/mol. The first-order chi connectivity index (χ1) is 15.4. The van der Waals surface area contributed by atoms with E-state index in [0.29, 0.717) is 23.7 Å². The molecule has 0 radical (unpaired) electrons. The molecule has 0 N–H and O–H groups in total. The van der Waals surface area contributed by atoms with E-state index in [2.05, 4.69) is 0 Å². The van der Waals surface area contributed by atoms with Gasteiger partial charge in [-0.25, -0.2) is 4.79 Å². The third kappa shape index (κ3) is 5.55. The van der Waals surface area contributed by atoms with Crippen LogP contribution in [0, 0.1) is 28.6 Å². The lowest BCUT2D eigenvalue weighted by Gasteiger charge is -2.13. The quantitative estimate of drug-likeness (QED) is 0.390. The zero-order valence-corrected chi connectivity index (χ0v) is 18.5. The van der Waals surface area contributed by atoms with Crippen LogP contribution in [-0.2, 0) is 19.1 Å². The molecule has 0 aromatic heterocycles. The first-order valence-corrected chi connectivity index (χ1v) is 10.6. The summed E-state index contributed by atoms with van der Waals surface area (Å²) < 4.78 is 16.4. The number of nitrogens with zero attached hydrogens (tertiary/aromatic N) is 1. The zero-order valence-electron chi connectivity index (χ0n) is 18.5. The fourth-order valence-electron chi connectivity index (χ4n) is 3.64. The molecule has 1 aliphatic rings. The molecule has 0 amide bonds. The second-order valence-corrected chi connectivity index (χ2v) is 8.29. The maximum absolute atomic E-state index is 12.8. The van der Waals surface area contributed by atoms with Gasteiger partial charge in [0.05, 0.1) is 12.5 Å². The summed E-state index contributed by atoms with van der Waals surface area (Å²) in [5.74, 6) is -0.266. The third-order valence-corrected chi connectivity index (χ3v) is 5.54. The van der Waals surface area contributed by atoms with E-state index in [1.807, 2.05) is 57.2 Å². The van der Waals surface area contributed by atoms with Crippen LogP contribution in [0.5, 0.6) is 11.5 Å². The van der Waals surface area contributed by atoms with Gasteiger partial charge in [-0.2, -0.15) is 5.26 Å². The molecule has 1 fully saturated rings. The predicted octanol–water partition coefficient (Wildman–Crippen LogP) is 5.37. The lowest BCUT2D eigenvalue weighted by atomic mass is 10.1. The summed E-state index contributed by atoms with van der Waals surface area (Å²) in [7, 11) is 0. The predicted molar refractivity (Wildman–Crippen MR) is 119 cm³/mol. The minimum Gasteiger partial charge on any atom is -0.463 e. The average molecular weight is 434 g/mol. The lowest BCUT2D eigenvalue weighted by molar-refractivity contribution is -0.149. The van der Waals surface area contributed by atoms with Crippen LogP contribution in [0.4, 0.5) is 0 Å². The minimum atomic E-state index is -1.06. The van der Waals surface area contributed by atoms with Crippen LogP contribution >= 0.6 is 0 Å². The van der Waals surface area contributed by atoms with Gasteiger partial charge in [-0.05, 0) is 42.0 Å². The van der Waals surface area contributed by atoms with E-state index in [1.165, 1.54) is 6.08 Å². The van der Waals surface area contributed by atoms with Gasteiger partial charge in [0.25, 0.3) is 0 Å². The number of hydrogen-bond acceptors (Lipinski definition) is 6. The summed E-state index contributed by atoms with van der Waals surface area (Å²) in [6, 6.07) is 18.3. The maximum atomic E-state index is 12.8. The summed E-state index contributed by atoms with van der Waals surface area (Å²) >= 11 is 0. The molecule has 166 valence electrons. The van der Waals surface area contributed by atoms with Crippen molar-refractivity contribution in [2.24, 2.45) is 17.3 Å². The minimum absolute atomic E-state index is 0.156.